The Labute approximate surface area is 227 Å². The van der Waals surface area contributed by atoms with Gasteiger partial charge in [-0.2, -0.15) is 0 Å². The number of likely N-dealkylation sites (N-methyl/N-ethyl adjacent to an activating group) is 1. The van der Waals surface area contributed by atoms with Gasteiger partial charge in [0.1, 0.15) is 29.2 Å². The molecule has 3 aromatic rings. The summed E-state index contributed by atoms with van der Waals surface area (Å²) in [5.41, 5.74) is 2.83. The van der Waals surface area contributed by atoms with E-state index in [0.29, 0.717) is 47.8 Å². The van der Waals surface area contributed by atoms with Crippen molar-refractivity contribution in [3.8, 4) is 17.2 Å². The number of esters is 1. The summed E-state index contributed by atoms with van der Waals surface area (Å²) in [5, 5.41) is 9.05. The van der Waals surface area contributed by atoms with Crippen LogP contribution in [0.3, 0.4) is 0 Å². The van der Waals surface area contributed by atoms with Gasteiger partial charge in [-0.05, 0) is 86.2 Å². The van der Waals surface area contributed by atoms with Crippen LogP contribution in [-0.2, 0) is 16.0 Å². The molecule has 39 heavy (non-hydrogen) atoms. The van der Waals surface area contributed by atoms with Gasteiger partial charge in [0.15, 0.2) is 0 Å². The summed E-state index contributed by atoms with van der Waals surface area (Å²) >= 11 is 0. The molecule has 0 unspecified atom stereocenters. The zero-order chi connectivity index (χ0) is 27.5. The fraction of sp³-hybridized carbons (Fsp3) is 0.355. The predicted octanol–water partition coefficient (Wildman–Crippen LogP) is 5.42. The van der Waals surface area contributed by atoms with E-state index in [0.717, 1.165) is 17.5 Å². The second-order valence-electron chi connectivity index (χ2n) is 9.93. The standard InChI is InChI=1S/C31H32FNO6/c1-3-37-31(36)25-18-24(25)19-4-8-22(9-5-19)39-28-14-12-23-27(15-13-26(32)29(23)28)38-21-10-6-20(7-11-21)30(35)33(2)16-17-34/h4-11,13,15,24-25,28,34H,3,12,14,16-18H2,1-2H3/t24-,25+,28-/m1/s1. The van der Waals surface area contributed by atoms with Crippen LogP contribution < -0.4 is 9.47 Å². The van der Waals surface area contributed by atoms with Gasteiger partial charge >= 0.3 is 5.97 Å². The molecule has 204 valence electrons. The number of aliphatic hydroxyl groups excluding tert-OH is 1. The first kappa shape index (κ1) is 26.7. The van der Waals surface area contributed by atoms with Crippen molar-refractivity contribution in [3.63, 3.8) is 0 Å². The van der Waals surface area contributed by atoms with Gasteiger partial charge in [0.05, 0.1) is 19.1 Å². The zero-order valence-electron chi connectivity index (χ0n) is 22.1. The third kappa shape index (κ3) is 5.76. The quantitative estimate of drug-likeness (QED) is 0.351. The van der Waals surface area contributed by atoms with Crippen LogP contribution >= 0.6 is 0 Å². The molecule has 0 spiro atoms. The minimum Gasteiger partial charge on any atom is -0.486 e. The first-order valence-electron chi connectivity index (χ1n) is 13.3. The summed E-state index contributed by atoms with van der Waals surface area (Å²) in [6, 6.07) is 17.4. The van der Waals surface area contributed by atoms with Gasteiger partial charge in [0, 0.05) is 30.3 Å². The average molecular weight is 534 g/mol. The number of rotatable bonds is 10. The number of hydrogen-bond acceptors (Lipinski definition) is 6. The number of aliphatic hydroxyl groups is 1. The Hall–Kier alpha value is -3.91. The Kier molecular flexibility index (Phi) is 7.84. The number of fused-ring (bicyclic) bond motifs is 1. The lowest BCUT2D eigenvalue weighted by molar-refractivity contribution is -0.144. The van der Waals surface area contributed by atoms with Crippen molar-refractivity contribution in [3.05, 3.63) is 88.7 Å². The molecule has 2 aliphatic rings. The van der Waals surface area contributed by atoms with Crippen LogP contribution in [0.5, 0.6) is 17.2 Å². The molecule has 1 saturated carbocycles. The molecule has 0 aromatic heterocycles. The number of hydrogen-bond donors (Lipinski definition) is 1. The number of amides is 1. The predicted molar refractivity (Wildman–Crippen MR) is 143 cm³/mol. The van der Waals surface area contributed by atoms with E-state index < -0.39 is 6.10 Å². The molecule has 0 radical (unpaired) electrons. The first-order chi connectivity index (χ1) is 18.9. The summed E-state index contributed by atoms with van der Waals surface area (Å²) < 4.78 is 32.4. The molecular weight excluding hydrogens is 501 g/mol. The lowest BCUT2D eigenvalue weighted by Crippen LogP contribution is -2.29. The van der Waals surface area contributed by atoms with Gasteiger partial charge in [-0.3, -0.25) is 9.59 Å². The highest BCUT2D eigenvalue weighted by molar-refractivity contribution is 5.94. The van der Waals surface area contributed by atoms with Crippen molar-refractivity contribution in [2.45, 2.75) is 38.2 Å². The van der Waals surface area contributed by atoms with E-state index in [1.54, 1.807) is 37.4 Å². The molecule has 1 N–H and O–H groups in total. The maximum absolute atomic E-state index is 15.0. The SMILES string of the molecule is CCOC(=O)[C@H]1C[C@@H]1c1ccc(O[C@@H]2CCc3c(Oc4ccc(C(=O)N(C)CCO)cc4)ccc(F)c32)cc1. The van der Waals surface area contributed by atoms with Gasteiger partial charge in [-0.25, -0.2) is 4.39 Å². The van der Waals surface area contributed by atoms with Crippen molar-refractivity contribution in [2.24, 2.45) is 5.92 Å². The van der Waals surface area contributed by atoms with Crippen LogP contribution in [-0.4, -0.2) is 48.7 Å². The number of halogens is 1. The fourth-order valence-electron chi connectivity index (χ4n) is 5.15. The molecule has 7 nitrogen and oxygen atoms in total. The molecular formula is C31H32FNO6. The summed E-state index contributed by atoms with van der Waals surface area (Å²) in [6.45, 7) is 2.34. The van der Waals surface area contributed by atoms with Crippen LogP contribution in [0.15, 0.2) is 60.7 Å². The Morgan fingerprint density at radius 2 is 1.74 bits per heavy atom. The molecule has 5 rings (SSSR count). The molecule has 1 fully saturated rings. The third-order valence-corrected chi connectivity index (χ3v) is 7.32. The third-order valence-electron chi connectivity index (χ3n) is 7.32. The number of carbonyl (C=O) groups is 2. The maximum Gasteiger partial charge on any atom is 0.309 e. The largest absolute Gasteiger partial charge is 0.486 e. The lowest BCUT2D eigenvalue weighted by atomic mass is 10.1. The zero-order valence-corrected chi connectivity index (χ0v) is 22.1. The van der Waals surface area contributed by atoms with E-state index >= 15 is 0 Å². The van der Waals surface area contributed by atoms with E-state index in [9.17, 15) is 14.0 Å². The molecule has 0 saturated heterocycles. The van der Waals surface area contributed by atoms with Gasteiger partial charge in [0.2, 0.25) is 0 Å². The van der Waals surface area contributed by atoms with Crippen molar-refractivity contribution >= 4 is 11.9 Å². The van der Waals surface area contributed by atoms with Crippen molar-refractivity contribution < 1.29 is 33.3 Å². The highest BCUT2D eigenvalue weighted by atomic mass is 19.1. The highest BCUT2D eigenvalue weighted by Crippen LogP contribution is 2.49. The van der Waals surface area contributed by atoms with Crippen LogP contribution in [0, 0.1) is 11.7 Å². The van der Waals surface area contributed by atoms with E-state index in [1.165, 1.54) is 11.0 Å². The average Bonchev–Trinajstić information content (AvgIpc) is 3.64. The summed E-state index contributed by atoms with van der Waals surface area (Å²) in [7, 11) is 1.63. The molecule has 3 atom stereocenters. The Morgan fingerprint density at radius 1 is 1.03 bits per heavy atom. The number of benzene rings is 3. The van der Waals surface area contributed by atoms with E-state index in [4.69, 9.17) is 19.3 Å². The maximum atomic E-state index is 15.0. The van der Waals surface area contributed by atoms with E-state index in [1.807, 2.05) is 31.2 Å². The van der Waals surface area contributed by atoms with Gasteiger partial charge < -0.3 is 24.2 Å². The topological polar surface area (TPSA) is 85.3 Å². The Bertz CT molecular complexity index is 1340. The Morgan fingerprint density at radius 3 is 2.44 bits per heavy atom. The van der Waals surface area contributed by atoms with Crippen LogP contribution in [0.4, 0.5) is 4.39 Å². The molecule has 1 amide bonds. The number of nitrogens with zero attached hydrogens (tertiary/aromatic N) is 1. The minimum absolute atomic E-state index is 0.0739. The van der Waals surface area contributed by atoms with Crippen LogP contribution in [0.1, 0.15) is 58.8 Å². The second kappa shape index (κ2) is 11.5. The molecule has 8 heteroatoms. The number of ether oxygens (including phenoxy) is 3. The van der Waals surface area contributed by atoms with Crippen molar-refractivity contribution in [1.82, 2.24) is 4.90 Å². The molecule has 0 aliphatic heterocycles. The molecule has 2 aliphatic carbocycles. The van der Waals surface area contributed by atoms with Gasteiger partial charge in [-0.1, -0.05) is 12.1 Å². The van der Waals surface area contributed by atoms with Crippen LogP contribution in [0.2, 0.25) is 0 Å². The summed E-state index contributed by atoms with van der Waals surface area (Å²) in [5.74, 6) is 1.17. The van der Waals surface area contributed by atoms with Gasteiger partial charge in [0.25, 0.3) is 5.91 Å². The second-order valence-corrected chi connectivity index (χ2v) is 9.93. The van der Waals surface area contributed by atoms with Crippen molar-refractivity contribution in [1.29, 1.82) is 0 Å². The lowest BCUT2D eigenvalue weighted by Gasteiger charge is -2.17. The molecule has 0 bridgehead atoms. The summed E-state index contributed by atoms with van der Waals surface area (Å²) in [6.07, 6.45) is 1.58. The summed E-state index contributed by atoms with van der Waals surface area (Å²) in [4.78, 5) is 25.8. The van der Waals surface area contributed by atoms with E-state index in [-0.39, 0.29) is 42.7 Å². The smallest absolute Gasteiger partial charge is 0.309 e. The molecule has 3 aromatic carbocycles. The minimum atomic E-state index is -0.440. The van der Waals surface area contributed by atoms with E-state index in [2.05, 4.69) is 0 Å². The molecule has 0 heterocycles. The number of carbonyl (C=O) groups excluding carboxylic acids is 2. The normalized spacial score (nSPS) is 19.2. The fourth-order valence-corrected chi connectivity index (χ4v) is 5.15. The first-order valence-corrected chi connectivity index (χ1v) is 13.3. The Balaban J connectivity index is 1.25. The van der Waals surface area contributed by atoms with Gasteiger partial charge in [-0.15, -0.1) is 0 Å². The van der Waals surface area contributed by atoms with Crippen LogP contribution in [0.25, 0.3) is 0 Å². The highest BCUT2D eigenvalue weighted by Gasteiger charge is 2.45. The monoisotopic (exact) mass is 533 g/mol. The van der Waals surface area contributed by atoms with Crippen molar-refractivity contribution in [2.75, 3.05) is 26.8 Å².